The number of rotatable bonds is 6. The van der Waals surface area contributed by atoms with Crippen molar-refractivity contribution in [2.45, 2.75) is 24.8 Å². The standard InChI is InChI=1S/C13H18N2O2/c14-6-5-13(15,9-11-3-1-7-16-11)10-12-4-2-8-17-12/h1-4,7-8H,5-6,9-10,14-15H2. The molecule has 4 nitrogen and oxygen atoms in total. The van der Waals surface area contributed by atoms with Crippen molar-refractivity contribution in [3.8, 4) is 0 Å². The number of hydrogen-bond donors (Lipinski definition) is 2. The van der Waals surface area contributed by atoms with E-state index >= 15 is 0 Å². The van der Waals surface area contributed by atoms with Crippen molar-refractivity contribution in [3.63, 3.8) is 0 Å². The lowest BCUT2D eigenvalue weighted by Gasteiger charge is -2.27. The molecule has 0 spiro atoms. The van der Waals surface area contributed by atoms with E-state index in [4.69, 9.17) is 20.3 Å². The van der Waals surface area contributed by atoms with E-state index in [1.807, 2.05) is 24.3 Å². The molecule has 0 aromatic carbocycles. The zero-order valence-corrected chi connectivity index (χ0v) is 9.76. The van der Waals surface area contributed by atoms with Gasteiger partial charge in [0.2, 0.25) is 0 Å². The molecule has 92 valence electrons. The highest BCUT2D eigenvalue weighted by Crippen LogP contribution is 2.20. The minimum atomic E-state index is -0.412. The maximum atomic E-state index is 6.39. The van der Waals surface area contributed by atoms with Crippen LogP contribution in [0.4, 0.5) is 0 Å². The third kappa shape index (κ3) is 3.22. The molecule has 0 aliphatic carbocycles. The largest absolute Gasteiger partial charge is 0.469 e. The third-order valence-electron chi connectivity index (χ3n) is 2.86. The molecule has 0 unspecified atom stereocenters. The predicted octanol–water partition coefficient (Wildman–Crippen LogP) is 1.70. The first-order valence-electron chi connectivity index (χ1n) is 5.76. The Labute approximate surface area is 101 Å². The molecule has 2 aromatic heterocycles. The molecule has 0 saturated heterocycles. The summed E-state index contributed by atoms with van der Waals surface area (Å²) in [6.07, 6.45) is 5.38. The van der Waals surface area contributed by atoms with Crippen molar-refractivity contribution in [1.82, 2.24) is 0 Å². The summed E-state index contributed by atoms with van der Waals surface area (Å²) >= 11 is 0. The first-order chi connectivity index (χ1) is 8.22. The average molecular weight is 234 g/mol. The fraction of sp³-hybridized carbons (Fsp3) is 0.385. The van der Waals surface area contributed by atoms with E-state index in [1.54, 1.807) is 12.5 Å². The van der Waals surface area contributed by atoms with Gasteiger partial charge in [-0.1, -0.05) is 0 Å². The molecule has 0 radical (unpaired) electrons. The van der Waals surface area contributed by atoms with Crippen LogP contribution in [0.25, 0.3) is 0 Å². The molecular formula is C13H18N2O2. The van der Waals surface area contributed by atoms with Crippen LogP contribution >= 0.6 is 0 Å². The van der Waals surface area contributed by atoms with Gasteiger partial charge in [0.15, 0.2) is 0 Å². The van der Waals surface area contributed by atoms with E-state index in [0.717, 1.165) is 17.9 Å². The fourth-order valence-corrected chi connectivity index (χ4v) is 2.05. The highest BCUT2D eigenvalue weighted by atomic mass is 16.3. The van der Waals surface area contributed by atoms with Crippen LogP contribution in [0.5, 0.6) is 0 Å². The van der Waals surface area contributed by atoms with Crippen molar-refractivity contribution in [2.75, 3.05) is 6.54 Å². The Kier molecular flexibility index (Phi) is 3.66. The molecule has 0 aliphatic heterocycles. The van der Waals surface area contributed by atoms with Gasteiger partial charge in [0, 0.05) is 18.4 Å². The molecule has 0 aliphatic rings. The van der Waals surface area contributed by atoms with Gasteiger partial charge in [-0.2, -0.15) is 0 Å². The molecule has 0 amide bonds. The lowest BCUT2D eigenvalue weighted by Crippen LogP contribution is -2.45. The second-order valence-electron chi connectivity index (χ2n) is 4.41. The van der Waals surface area contributed by atoms with Crippen molar-refractivity contribution >= 4 is 0 Å². The maximum absolute atomic E-state index is 6.39. The molecule has 0 bridgehead atoms. The maximum Gasteiger partial charge on any atom is 0.105 e. The summed E-state index contributed by atoms with van der Waals surface area (Å²) in [6, 6.07) is 7.59. The normalized spacial score (nSPS) is 11.9. The lowest BCUT2D eigenvalue weighted by molar-refractivity contribution is 0.332. The van der Waals surface area contributed by atoms with Crippen molar-refractivity contribution < 1.29 is 8.83 Å². The highest BCUT2D eigenvalue weighted by molar-refractivity contribution is 5.10. The molecule has 4 N–H and O–H groups in total. The van der Waals surface area contributed by atoms with Gasteiger partial charge in [0.1, 0.15) is 11.5 Å². The van der Waals surface area contributed by atoms with Crippen LogP contribution in [-0.2, 0) is 12.8 Å². The van der Waals surface area contributed by atoms with Crippen LogP contribution < -0.4 is 11.5 Å². The minimum Gasteiger partial charge on any atom is -0.469 e. The number of nitrogens with two attached hydrogens (primary N) is 2. The summed E-state index contributed by atoms with van der Waals surface area (Å²) in [5.74, 6) is 1.76. The van der Waals surface area contributed by atoms with Gasteiger partial charge < -0.3 is 20.3 Å². The van der Waals surface area contributed by atoms with Gasteiger partial charge in [-0.15, -0.1) is 0 Å². The fourth-order valence-electron chi connectivity index (χ4n) is 2.05. The first-order valence-corrected chi connectivity index (χ1v) is 5.76. The van der Waals surface area contributed by atoms with E-state index in [1.165, 1.54) is 0 Å². The van der Waals surface area contributed by atoms with Crippen molar-refractivity contribution in [3.05, 3.63) is 48.3 Å². The Morgan fingerprint density at radius 1 is 1.00 bits per heavy atom. The number of hydrogen-bond acceptors (Lipinski definition) is 4. The van der Waals surface area contributed by atoms with E-state index in [-0.39, 0.29) is 0 Å². The first kappa shape index (κ1) is 12.0. The topological polar surface area (TPSA) is 78.3 Å². The van der Waals surface area contributed by atoms with Crippen molar-refractivity contribution in [2.24, 2.45) is 11.5 Å². The van der Waals surface area contributed by atoms with Crippen LogP contribution in [0.2, 0.25) is 0 Å². The van der Waals surface area contributed by atoms with Crippen LogP contribution in [0.3, 0.4) is 0 Å². The second-order valence-corrected chi connectivity index (χ2v) is 4.41. The predicted molar refractivity (Wildman–Crippen MR) is 65.4 cm³/mol. The summed E-state index contributed by atoms with van der Waals surface area (Å²) in [5.41, 5.74) is 11.6. The quantitative estimate of drug-likeness (QED) is 0.797. The molecule has 2 aromatic rings. The Balaban J connectivity index is 2.08. The molecule has 0 saturated carbocycles. The van der Waals surface area contributed by atoms with Crippen molar-refractivity contribution in [1.29, 1.82) is 0 Å². The number of furan rings is 2. The average Bonchev–Trinajstić information content (AvgIpc) is 2.91. The van der Waals surface area contributed by atoms with Crippen LogP contribution in [0, 0.1) is 0 Å². The SMILES string of the molecule is NCCC(N)(Cc1ccco1)Cc1ccco1. The van der Waals surface area contributed by atoms with Gasteiger partial charge in [-0.3, -0.25) is 0 Å². The monoisotopic (exact) mass is 234 g/mol. The van der Waals surface area contributed by atoms with Gasteiger partial charge >= 0.3 is 0 Å². The van der Waals surface area contributed by atoms with E-state index < -0.39 is 5.54 Å². The summed E-state index contributed by atoms with van der Waals surface area (Å²) in [6.45, 7) is 0.553. The summed E-state index contributed by atoms with van der Waals surface area (Å²) in [5, 5.41) is 0. The molecule has 2 heterocycles. The summed E-state index contributed by atoms with van der Waals surface area (Å²) in [7, 11) is 0. The van der Waals surface area contributed by atoms with Gasteiger partial charge in [0.05, 0.1) is 12.5 Å². The van der Waals surface area contributed by atoms with Gasteiger partial charge in [0.25, 0.3) is 0 Å². The second kappa shape index (κ2) is 5.21. The zero-order valence-electron chi connectivity index (χ0n) is 9.76. The van der Waals surface area contributed by atoms with E-state index in [2.05, 4.69) is 0 Å². The third-order valence-corrected chi connectivity index (χ3v) is 2.86. The lowest BCUT2D eigenvalue weighted by atomic mass is 9.86. The summed E-state index contributed by atoms with van der Waals surface area (Å²) < 4.78 is 10.7. The molecule has 4 heteroatoms. The van der Waals surface area contributed by atoms with Gasteiger partial charge in [-0.05, 0) is 37.2 Å². The molecule has 0 fully saturated rings. The minimum absolute atomic E-state index is 0.412. The zero-order chi connectivity index (χ0) is 12.1. The Bertz CT molecular complexity index is 384. The Morgan fingerprint density at radius 3 is 1.88 bits per heavy atom. The molecule has 0 atom stereocenters. The highest BCUT2D eigenvalue weighted by Gasteiger charge is 2.27. The van der Waals surface area contributed by atoms with Crippen LogP contribution in [-0.4, -0.2) is 12.1 Å². The van der Waals surface area contributed by atoms with E-state index in [0.29, 0.717) is 19.4 Å². The van der Waals surface area contributed by atoms with Crippen LogP contribution in [0.15, 0.2) is 45.6 Å². The van der Waals surface area contributed by atoms with E-state index in [9.17, 15) is 0 Å². The summed E-state index contributed by atoms with van der Waals surface area (Å²) in [4.78, 5) is 0. The Morgan fingerprint density at radius 2 is 1.53 bits per heavy atom. The molecular weight excluding hydrogens is 216 g/mol. The molecule has 2 rings (SSSR count). The smallest absolute Gasteiger partial charge is 0.105 e. The Hall–Kier alpha value is -1.52. The molecule has 17 heavy (non-hydrogen) atoms. The van der Waals surface area contributed by atoms with Gasteiger partial charge in [-0.25, -0.2) is 0 Å². The van der Waals surface area contributed by atoms with Crippen LogP contribution in [0.1, 0.15) is 17.9 Å².